The highest BCUT2D eigenvalue weighted by atomic mass is 15.6. The summed E-state index contributed by atoms with van der Waals surface area (Å²) in [6.07, 6.45) is 2.95. The Balaban J connectivity index is 1.97. The van der Waals surface area contributed by atoms with E-state index in [1.54, 1.807) is 7.05 Å². The largest absolute Gasteiger partial charge is 0.310 e. The fourth-order valence-electron chi connectivity index (χ4n) is 2.09. The van der Waals surface area contributed by atoms with Gasteiger partial charge < -0.3 is 5.32 Å². The zero-order valence-corrected chi connectivity index (χ0v) is 11.6. The molecule has 5 heteroatoms. The molecule has 1 unspecified atom stereocenters. The van der Waals surface area contributed by atoms with Crippen LogP contribution in [0.1, 0.15) is 37.2 Å². The summed E-state index contributed by atoms with van der Waals surface area (Å²) in [6.45, 7) is 3.20. The molecule has 1 aromatic carbocycles. The third kappa shape index (κ3) is 4.13. The van der Waals surface area contributed by atoms with E-state index < -0.39 is 0 Å². The van der Waals surface area contributed by atoms with Gasteiger partial charge in [0.15, 0.2) is 5.82 Å². The number of aromatic nitrogens is 4. The van der Waals surface area contributed by atoms with E-state index in [1.165, 1.54) is 10.4 Å². The molecule has 0 spiro atoms. The Kier molecular flexibility index (Phi) is 5.03. The normalized spacial score (nSPS) is 12.5. The van der Waals surface area contributed by atoms with Crippen LogP contribution in [0.5, 0.6) is 0 Å². The lowest BCUT2D eigenvalue weighted by Gasteiger charge is -2.18. The Morgan fingerprint density at radius 3 is 2.68 bits per heavy atom. The lowest BCUT2D eigenvalue weighted by atomic mass is 10.0. The number of hydrogen-bond donors (Lipinski definition) is 1. The van der Waals surface area contributed by atoms with E-state index in [1.807, 2.05) is 6.07 Å². The predicted molar refractivity (Wildman–Crippen MR) is 74.6 cm³/mol. The molecule has 0 radical (unpaired) electrons. The Labute approximate surface area is 114 Å². The molecule has 102 valence electrons. The van der Waals surface area contributed by atoms with Crippen molar-refractivity contribution in [3.05, 3.63) is 41.7 Å². The van der Waals surface area contributed by atoms with E-state index in [-0.39, 0.29) is 0 Å². The molecule has 1 aromatic heterocycles. The van der Waals surface area contributed by atoms with Gasteiger partial charge in [-0.1, -0.05) is 37.3 Å². The van der Waals surface area contributed by atoms with Gasteiger partial charge in [0.25, 0.3) is 0 Å². The highest BCUT2D eigenvalue weighted by Crippen LogP contribution is 2.18. The molecule has 1 heterocycles. The Hall–Kier alpha value is -1.75. The van der Waals surface area contributed by atoms with Crippen LogP contribution in [0.2, 0.25) is 0 Å². The van der Waals surface area contributed by atoms with Crippen molar-refractivity contribution in [2.45, 2.75) is 32.2 Å². The number of nitrogens with zero attached hydrogens (tertiary/aromatic N) is 4. The molecule has 0 aliphatic carbocycles. The molecule has 0 saturated carbocycles. The zero-order chi connectivity index (χ0) is 13.5. The topological polar surface area (TPSA) is 55.6 Å². The first kappa shape index (κ1) is 13.7. The standard InChI is InChI=1S/C14H21N5/c1-3-11-15-13(12-7-5-4-6-8-12)9-10-14-16-18-19(2)17-14/h4-8,13,15H,3,9-11H2,1-2H3. The third-order valence-corrected chi connectivity index (χ3v) is 3.05. The molecule has 2 rings (SSSR count). The number of aryl methyl sites for hydroxylation is 2. The average Bonchev–Trinajstić information content (AvgIpc) is 2.86. The van der Waals surface area contributed by atoms with Crippen LogP contribution in [-0.4, -0.2) is 26.8 Å². The summed E-state index contributed by atoms with van der Waals surface area (Å²) in [5.74, 6) is 0.807. The molecule has 0 saturated heterocycles. The summed E-state index contributed by atoms with van der Waals surface area (Å²) in [5.41, 5.74) is 1.32. The van der Waals surface area contributed by atoms with Gasteiger partial charge in [0.2, 0.25) is 0 Å². The van der Waals surface area contributed by atoms with Gasteiger partial charge >= 0.3 is 0 Å². The van der Waals surface area contributed by atoms with Crippen molar-refractivity contribution in [1.29, 1.82) is 0 Å². The van der Waals surface area contributed by atoms with Crippen LogP contribution in [0.25, 0.3) is 0 Å². The van der Waals surface area contributed by atoms with E-state index in [4.69, 9.17) is 0 Å². The van der Waals surface area contributed by atoms with Crippen molar-refractivity contribution < 1.29 is 0 Å². The Morgan fingerprint density at radius 2 is 2.05 bits per heavy atom. The average molecular weight is 259 g/mol. The fraction of sp³-hybridized carbons (Fsp3) is 0.500. The van der Waals surface area contributed by atoms with Gasteiger partial charge in [-0.25, -0.2) is 0 Å². The van der Waals surface area contributed by atoms with Crippen LogP contribution in [-0.2, 0) is 13.5 Å². The Bertz CT molecular complexity index is 480. The zero-order valence-electron chi connectivity index (χ0n) is 11.6. The maximum atomic E-state index is 4.22. The van der Waals surface area contributed by atoms with Gasteiger partial charge in [-0.15, -0.1) is 10.2 Å². The van der Waals surface area contributed by atoms with Crippen LogP contribution in [0.15, 0.2) is 30.3 Å². The highest BCUT2D eigenvalue weighted by Gasteiger charge is 2.12. The second-order valence-corrected chi connectivity index (χ2v) is 4.65. The summed E-state index contributed by atoms with van der Waals surface area (Å²) < 4.78 is 0. The van der Waals surface area contributed by atoms with E-state index in [2.05, 4.69) is 51.9 Å². The molecule has 0 amide bonds. The summed E-state index contributed by atoms with van der Waals surface area (Å²) >= 11 is 0. The number of nitrogens with one attached hydrogen (secondary N) is 1. The van der Waals surface area contributed by atoms with Crippen molar-refractivity contribution in [1.82, 2.24) is 25.5 Å². The molecule has 19 heavy (non-hydrogen) atoms. The first-order chi connectivity index (χ1) is 9.29. The molecule has 0 aliphatic heterocycles. The molecule has 0 aliphatic rings. The monoisotopic (exact) mass is 259 g/mol. The van der Waals surface area contributed by atoms with Gasteiger partial charge in [0.1, 0.15) is 0 Å². The molecular weight excluding hydrogens is 238 g/mol. The molecule has 0 fully saturated rings. The van der Waals surface area contributed by atoms with Gasteiger partial charge in [0, 0.05) is 12.5 Å². The van der Waals surface area contributed by atoms with Crippen molar-refractivity contribution in [2.75, 3.05) is 6.54 Å². The molecule has 2 aromatic rings. The van der Waals surface area contributed by atoms with E-state index in [9.17, 15) is 0 Å². The van der Waals surface area contributed by atoms with Crippen molar-refractivity contribution in [2.24, 2.45) is 7.05 Å². The molecular formula is C14H21N5. The van der Waals surface area contributed by atoms with Gasteiger partial charge in [-0.05, 0) is 30.2 Å². The van der Waals surface area contributed by atoms with Gasteiger partial charge in [0.05, 0.1) is 7.05 Å². The van der Waals surface area contributed by atoms with E-state index in [0.717, 1.165) is 31.6 Å². The first-order valence-corrected chi connectivity index (χ1v) is 6.80. The Morgan fingerprint density at radius 1 is 1.26 bits per heavy atom. The summed E-state index contributed by atoms with van der Waals surface area (Å²) in [7, 11) is 1.79. The summed E-state index contributed by atoms with van der Waals surface area (Å²) in [4.78, 5) is 1.51. The summed E-state index contributed by atoms with van der Waals surface area (Å²) in [6, 6.07) is 10.9. The second kappa shape index (κ2) is 6.99. The van der Waals surface area contributed by atoms with Crippen molar-refractivity contribution in [3.63, 3.8) is 0 Å². The number of hydrogen-bond acceptors (Lipinski definition) is 4. The van der Waals surface area contributed by atoms with Crippen LogP contribution in [0.3, 0.4) is 0 Å². The van der Waals surface area contributed by atoms with Crippen molar-refractivity contribution in [3.8, 4) is 0 Å². The van der Waals surface area contributed by atoms with E-state index in [0.29, 0.717) is 6.04 Å². The molecule has 1 N–H and O–H groups in total. The van der Waals surface area contributed by atoms with Crippen molar-refractivity contribution >= 4 is 0 Å². The van der Waals surface area contributed by atoms with Crippen LogP contribution in [0.4, 0.5) is 0 Å². The van der Waals surface area contributed by atoms with Crippen LogP contribution < -0.4 is 5.32 Å². The number of rotatable bonds is 7. The first-order valence-electron chi connectivity index (χ1n) is 6.80. The third-order valence-electron chi connectivity index (χ3n) is 3.05. The minimum Gasteiger partial charge on any atom is -0.310 e. The van der Waals surface area contributed by atoms with Gasteiger partial charge in [-0.3, -0.25) is 0 Å². The predicted octanol–water partition coefficient (Wildman–Crippen LogP) is 1.88. The number of tetrazole rings is 1. The van der Waals surface area contributed by atoms with Crippen LogP contribution >= 0.6 is 0 Å². The molecule has 0 bridgehead atoms. The minimum atomic E-state index is 0.352. The minimum absolute atomic E-state index is 0.352. The number of benzene rings is 1. The second-order valence-electron chi connectivity index (χ2n) is 4.65. The van der Waals surface area contributed by atoms with Crippen LogP contribution in [0, 0.1) is 0 Å². The quantitative estimate of drug-likeness (QED) is 0.825. The maximum absolute atomic E-state index is 4.22. The van der Waals surface area contributed by atoms with Gasteiger partial charge in [-0.2, -0.15) is 4.80 Å². The fourth-order valence-corrected chi connectivity index (χ4v) is 2.09. The van der Waals surface area contributed by atoms with E-state index >= 15 is 0 Å². The maximum Gasteiger partial charge on any atom is 0.174 e. The molecule has 1 atom stereocenters. The SMILES string of the molecule is CCCNC(CCc1nnn(C)n1)c1ccccc1. The highest BCUT2D eigenvalue weighted by molar-refractivity contribution is 5.19. The lowest BCUT2D eigenvalue weighted by Crippen LogP contribution is -2.22. The lowest BCUT2D eigenvalue weighted by molar-refractivity contribution is 0.493. The molecule has 5 nitrogen and oxygen atoms in total. The smallest absolute Gasteiger partial charge is 0.174 e. The summed E-state index contributed by atoms with van der Waals surface area (Å²) in [5, 5.41) is 15.7.